The Hall–Kier alpha value is -2.76. The van der Waals surface area contributed by atoms with Crippen molar-refractivity contribution in [3.8, 4) is 0 Å². The summed E-state index contributed by atoms with van der Waals surface area (Å²) in [4.78, 5) is 17.6. The van der Waals surface area contributed by atoms with Crippen LogP contribution in [-0.2, 0) is 14.6 Å². The number of carbonyl (C=O) groups is 1. The van der Waals surface area contributed by atoms with Gasteiger partial charge in [0.2, 0.25) is 0 Å². The molecule has 0 aromatic heterocycles. The van der Waals surface area contributed by atoms with Gasteiger partial charge in [-0.1, -0.05) is 6.07 Å². The van der Waals surface area contributed by atoms with Gasteiger partial charge >= 0.3 is 0 Å². The summed E-state index contributed by atoms with van der Waals surface area (Å²) in [6, 6.07) is 8.64. The average molecular weight is 418 g/mol. The van der Waals surface area contributed by atoms with Gasteiger partial charge in [0.05, 0.1) is 17.2 Å². The lowest BCUT2D eigenvalue weighted by atomic mass is 10.0. The highest BCUT2D eigenvalue weighted by Gasteiger charge is 2.40. The molecule has 0 saturated carbocycles. The standard InChI is InChI=1S/C21H23FN2O4S/c1-14(2)24(17-8-11-19(23-5)15(3)12-17)20(25)21(4,26)13-29(27,28)18-9-6-16(22)7-10-18/h6-12,14,26H,13H2,1-4H3. The van der Waals surface area contributed by atoms with E-state index in [1.54, 1.807) is 39.0 Å². The van der Waals surface area contributed by atoms with Gasteiger partial charge in [0, 0.05) is 11.7 Å². The SMILES string of the molecule is [C-]#[N+]c1ccc(N(C(=O)C(C)(O)CS(=O)(=O)c2ccc(F)cc2)C(C)C)cc1C. The van der Waals surface area contributed by atoms with E-state index in [0.717, 1.165) is 31.2 Å². The smallest absolute Gasteiger partial charge is 0.259 e. The van der Waals surface area contributed by atoms with E-state index in [-0.39, 0.29) is 10.9 Å². The lowest BCUT2D eigenvalue weighted by molar-refractivity contribution is -0.133. The van der Waals surface area contributed by atoms with Crippen molar-refractivity contribution < 1.29 is 22.7 Å². The molecule has 1 amide bonds. The molecule has 6 nitrogen and oxygen atoms in total. The second-order valence-corrected chi connectivity index (χ2v) is 9.33. The molecule has 0 bridgehead atoms. The second-order valence-electron chi connectivity index (χ2n) is 7.34. The van der Waals surface area contributed by atoms with Crippen molar-refractivity contribution in [1.29, 1.82) is 0 Å². The monoisotopic (exact) mass is 418 g/mol. The van der Waals surface area contributed by atoms with Gasteiger partial charge in [-0.3, -0.25) is 4.79 Å². The van der Waals surface area contributed by atoms with Gasteiger partial charge in [0.15, 0.2) is 21.1 Å². The van der Waals surface area contributed by atoms with Crippen molar-refractivity contribution in [3.63, 3.8) is 0 Å². The van der Waals surface area contributed by atoms with Gasteiger partial charge in [-0.2, -0.15) is 0 Å². The molecule has 2 aromatic rings. The number of nitrogens with zero attached hydrogens (tertiary/aromatic N) is 2. The zero-order valence-corrected chi connectivity index (χ0v) is 17.5. The van der Waals surface area contributed by atoms with Crippen LogP contribution < -0.4 is 4.90 Å². The molecular formula is C21H23FN2O4S. The normalized spacial score (nSPS) is 13.6. The molecule has 0 radical (unpaired) electrons. The van der Waals surface area contributed by atoms with Crippen LogP contribution in [0.3, 0.4) is 0 Å². The third-order valence-electron chi connectivity index (χ3n) is 4.42. The molecule has 0 aliphatic heterocycles. The van der Waals surface area contributed by atoms with E-state index in [2.05, 4.69) is 4.85 Å². The van der Waals surface area contributed by atoms with E-state index in [4.69, 9.17) is 6.57 Å². The number of halogens is 1. The molecule has 0 spiro atoms. The van der Waals surface area contributed by atoms with E-state index in [1.807, 2.05) is 0 Å². The Morgan fingerprint density at radius 1 is 1.24 bits per heavy atom. The number of sulfone groups is 1. The van der Waals surface area contributed by atoms with Gasteiger partial charge in [-0.25, -0.2) is 17.7 Å². The Labute approximate surface area is 170 Å². The number of hydrogen-bond acceptors (Lipinski definition) is 4. The molecule has 1 unspecified atom stereocenters. The van der Waals surface area contributed by atoms with Crippen LogP contribution in [-0.4, -0.2) is 36.8 Å². The summed E-state index contributed by atoms with van der Waals surface area (Å²) < 4.78 is 38.4. The second kappa shape index (κ2) is 8.31. The summed E-state index contributed by atoms with van der Waals surface area (Å²) in [5.74, 6) is -2.23. The first kappa shape index (κ1) is 22.5. The predicted molar refractivity (Wildman–Crippen MR) is 109 cm³/mol. The van der Waals surface area contributed by atoms with E-state index >= 15 is 0 Å². The Balaban J connectivity index is 2.38. The van der Waals surface area contributed by atoms with Crippen LogP contribution in [0.4, 0.5) is 15.8 Å². The van der Waals surface area contributed by atoms with Crippen LogP contribution in [0.5, 0.6) is 0 Å². The fraction of sp³-hybridized carbons (Fsp3) is 0.333. The first-order chi connectivity index (χ1) is 13.4. The zero-order valence-electron chi connectivity index (χ0n) is 16.7. The van der Waals surface area contributed by atoms with Crippen molar-refractivity contribution in [3.05, 3.63) is 65.3 Å². The van der Waals surface area contributed by atoms with Crippen molar-refractivity contribution >= 4 is 27.1 Å². The van der Waals surface area contributed by atoms with E-state index < -0.39 is 32.9 Å². The summed E-state index contributed by atoms with van der Waals surface area (Å²) in [6.07, 6.45) is 0. The summed E-state index contributed by atoms with van der Waals surface area (Å²) in [5, 5.41) is 10.8. The topological polar surface area (TPSA) is 79.0 Å². The van der Waals surface area contributed by atoms with Crippen LogP contribution in [0.2, 0.25) is 0 Å². The van der Waals surface area contributed by atoms with Gasteiger partial charge in [0.1, 0.15) is 5.82 Å². The van der Waals surface area contributed by atoms with Crippen molar-refractivity contribution in [2.24, 2.45) is 0 Å². The maximum atomic E-state index is 13.1. The first-order valence-electron chi connectivity index (χ1n) is 8.91. The number of aryl methyl sites for hydroxylation is 1. The average Bonchev–Trinajstić information content (AvgIpc) is 2.61. The predicted octanol–water partition coefficient (Wildman–Crippen LogP) is 3.65. The van der Waals surface area contributed by atoms with Gasteiger partial charge < -0.3 is 10.0 Å². The minimum atomic E-state index is -4.04. The van der Waals surface area contributed by atoms with Crippen LogP contribution in [0, 0.1) is 19.3 Å². The highest BCUT2D eigenvalue weighted by atomic mass is 32.2. The largest absolute Gasteiger partial charge is 0.379 e. The number of rotatable bonds is 6. The van der Waals surface area contributed by atoms with E-state index in [1.165, 1.54) is 4.90 Å². The first-order valence-corrected chi connectivity index (χ1v) is 10.6. The molecular weight excluding hydrogens is 395 g/mol. The summed E-state index contributed by atoms with van der Waals surface area (Å²) in [5.41, 5.74) is -0.663. The number of aliphatic hydroxyl groups is 1. The fourth-order valence-corrected chi connectivity index (χ4v) is 4.56. The molecule has 29 heavy (non-hydrogen) atoms. The summed E-state index contributed by atoms with van der Waals surface area (Å²) >= 11 is 0. The molecule has 0 aliphatic carbocycles. The van der Waals surface area contributed by atoms with Gasteiger partial charge in [0.25, 0.3) is 5.91 Å². The molecule has 0 saturated heterocycles. The number of anilines is 1. The Morgan fingerprint density at radius 2 is 1.83 bits per heavy atom. The van der Waals surface area contributed by atoms with Crippen LogP contribution in [0.15, 0.2) is 47.4 Å². The molecule has 2 rings (SSSR count). The minimum absolute atomic E-state index is 0.180. The van der Waals surface area contributed by atoms with Gasteiger partial charge in [-0.05, 0) is 69.7 Å². The molecule has 1 atom stereocenters. The quantitative estimate of drug-likeness (QED) is 0.574. The molecule has 154 valence electrons. The maximum Gasteiger partial charge on any atom is 0.259 e. The molecule has 0 aliphatic rings. The van der Waals surface area contributed by atoms with Crippen LogP contribution in [0.25, 0.3) is 4.85 Å². The van der Waals surface area contributed by atoms with Crippen LogP contribution >= 0.6 is 0 Å². The lowest BCUT2D eigenvalue weighted by Crippen LogP contribution is -2.53. The number of carbonyl (C=O) groups excluding carboxylic acids is 1. The molecule has 2 aromatic carbocycles. The van der Waals surface area contributed by atoms with Crippen molar-refractivity contribution in [2.75, 3.05) is 10.7 Å². The highest BCUT2D eigenvalue weighted by molar-refractivity contribution is 7.91. The zero-order chi connectivity index (χ0) is 22.0. The highest BCUT2D eigenvalue weighted by Crippen LogP contribution is 2.29. The Bertz CT molecular complexity index is 1060. The lowest BCUT2D eigenvalue weighted by Gasteiger charge is -2.34. The third kappa shape index (κ3) is 5.00. The summed E-state index contributed by atoms with van der Waals surface area (Å²) in [6.45, 7) is 13.5. The van der Waals surface area contributed by atoms with Crippen LogP contribution in [0.1, 0.15) is 26.3 Å². The maximum absolute atomic E-state index is 13.1. The minimum Gasteiger partial charge on any atom is -0.379 e. The number of amides is 1. The van der Waals surface area contributed by atoms with Crippen molar-refractivity contribution in [1.82, 2.24) is 0 Å². The molecule has 1 N–H and O–H groups in total. The molecule has 0 heterocycles. The number of benzene rings is 2. The third-order valence-corrected chi connectivity index (χ3v) is 6.35. The Kier molecular flexibility index (Phi) is 6.46. The molecule has 0 fully saturated rings. The number of hydrogen-bond donors (Lipinski definition) is 1. The fourth-order valence-electron chi connectivity index (χ4n) is 2.98. The van der Waals surface area contributed by atoms with Gasteiger partial charge in [-0.15, -0.1) is 0 Å². The van der Waals surface area contributed by atoms with E-state index in [9.17, 15) is 22.7 Å². The van der Waals surface area contributed by atoms with E-state index in [0.29, 0.717) is 16.9 Å². The van der Waals surface area contributed by atoms with Crippen molar-refractivity contribution in [2.45, 2.75) is 44.2 Å². The molecule has 8 heteroatoms. The summed E-state index contributed by atoms with van der Waals surface area (Å²) in [7, 11) is -4.04. The Morgan fingerprint density at radius 3 is 2.31 bits per heavy atom.